The molecule has 0 saturated carbocycles. The van der Waals surface area contributed by atoms with Crippen LogP contribution < -0.4 is 16.0 Å². The highest BCUT2D eigenvalue weighted by Crippen LogP contribution is 2.29. The lowest BCUT2D eigenvalue weighted by Crippen LogP contribution is -2.48. The zero-order valence-electron chi connectivity index (χ0n) is 18.4. The van der Waals surface area contributed by atoms with Crippen LogP contribution in [0.2, 0.25) is 0 Å². The van der Waals surface area contributed by atoms with E-state index in [-0.39, 0.29) is 0 Å². The van der Waals surface area contributed by atoms with Gasteiger partial charge in [0.15, 0.2) is 5.13 Å². The molecule has 11 heteroatoms. The number of carboxylic acid groups (broad SMARTS) is 1. The van der Waals surface area contributed by atoms with Crippen molar-refractivity contribution in [3.63, 3.8) is 0 Å². The second-order valence-electron chi connectivity index (χ2n) is 8.04. The Labute approximate surface area is 195 Å². The van der Waals surface area contributed by atoms with E-state index in [1.54, 1.807) is 30.2 Å². The number of nitrogens with zero attached hydrogens (tertiary/aromatic N) is 3. The third-order valence-electron chi connectivity index (χ3n) is 4.83. The predicted octanol–water partition coefficient (Wildman–Crippen LogP) is 3.41. The van der Waals surface area contributed by atoms with Gasteiger partial charge >= 0.3 is 5.97 Å². The lowest BCUT2D eigenvalue weighted by molar-refractivity contribution is -0.145. The molecule has 0 bridgehead atoms. The fraction of sp³-hybridized carbons (Fsp3) is 0.429. The molecule has 0 aliphatic rings. The summed E-state index contributed by atoms with van der Waals surface area (Å²) in [5, 5.41) is 29.8. The topological polar surface area (TPSA) is 132 Å². The van der Waals surface area contributed by atoms with E-state index in [1.807, 2.05) is 18.4 Å². The van der Waals surface area contributed by atoms with Crippen LogP contribution in [0.15, 0.2) is 35.5 Å². The SMILES string of the molecule is CSc1cnc(NC[C@H](C)CNc2nc3ccc(C(O)NC(C)(C)C(=O)O)cc3s2)nc1. The number of fused-ring (bicyclic) bond motifs is 1. The summed E-state index contributed by atoms with van der Waals surface area (Å²) < 4.78 is 0.909. The van der Waals surface area contributed by atoms with E-state index < -0.39 is 17.7 Å². The summed E-state index contributed by atoms with van der Waals surface area (Å²) in [6.07, 6.45) is 4.49. The highest BCUT2D eigenvalue weighted by molar-refractivity contribution is 7.98. The average Bonchev–Trinajstić information content (AvgIpc) is 3.18. The van der Waals surface area contributed by atoms with Crippen molar-refractivity contribution >= 4 is 50.4 Å². The molecule has 3 rings (SSSR count). The summed E-state index contributed by atoms with van der Waals surface area (Å²) in [5.41, 5.74) is 0.159. The number of carboxylic acids is 1. The number of aromatic nitrogens is 3. The summed E-state index contributed by atoms with van der Waals surface area (Å²) >= 11 is 3.09. The molecule has 0 aliphatic carbocycles. The minimum Gasteiger partial charge on any atom is -0.480 e. The maximum atomic E-state index is 11.3. The van der Waals surface area contributed by atoms with Crippen LogP contribution in [0.5, 0.6) is 0 Å². The lowest BCUT2D eigenvalue weighted by Gasteiger charge is -2.25. The van der Waals surface area contributed by atoms with E-state index in [1.165, 1.54) is 25.2 Å². The molecule has 2 heterocycles. The highest BCUT2D eigenvalue weighted by Gasteiger charge is 2.29. The minimum absolute atomic E-state index is 0.311. The van der Waals surface area contributed by atoms with Gasteiger partial charge in [0.2, 0.25) is 5.95 Å². The number of aliphatic hydroxyl groups excluding tert-OH is 1. The number of hydrogen-bond acceptors (Lipinski definition) is 10. The molecule has 0 radical (unpaired) electrons. The predicted molar refractivity (Wildman–Crippen MR) is 129 cm³/mol. The summed E-state index contributed by atoms with van der Waals surface area (Å²) in [7, 11) is 0. The second-order valence-corrected chi connectivity index (χ2v) is 9.95. The van der Waals surface area contributed by atoms with Crippen LogP contribution >= 0.6 is 23.1 Å². The molecule has 0 saturated heterocycles. The molecule has 0 amide bonds. The van der Waals surface area contributed by atoms with Crippen LogP contribution in [0.4, 0.5) is 11.1 Å². The summed E-state index contributed by atoms with van der Waals surface area (Å²) in [4.78, 5) is 25.5. The number of nitrogens with one attached hydrogen (secondary N) is 3. The zero-order valence-corrected chi connectivity index (χ0v) is 20.0. The van der Waals surface area contributed by atoms with Crippen molar-refractivity contribution < 1.29 is 15.0 Å². The summed E-state index contributed by atoms with van der Waals surface area (Å²) in [6, 6.07) is 5.40. The Morgan fingerprint density at radius 1 is 1.22 bits per heavy atom. The van der Waals surface area contributed by atoms with E-state index in [0.717, 1.165) is 33.3 Å². The van der Waals surface area contributed by atoms with Crippen molar-refractivity contribution in [2.75, 3.05) is 30.0 Å². The number of hydrogen-bond donors (Lipinski definition) is 5. The Morgan fingerprint density at radius 3 is 2.56 bits per heavy atom. The Morgan fingerprint density at radius 2 is 1.91 bits per heavy atom. The molecule has 2 aromatic heterocycles. The number of carbonyl (C=O) groups is 1. The number of aliphatic hydroxyl groups is 1. The molecule has 0 spiro atoms. The van der Waals surface area contributed by atoms with Crippen molar-refractivity contribution in [3.05, 3.63) is 36.2 Å². The van der Waals surface area contributed by atoms with Gasteiger partial charge in [-0.15, -0.1) is 11.8 Å². The molecule has 1 aromatic carbocycles. The normalized spacial score (nSPS) is 13.7. The van der Waals surface area contributed by atoms with E-state index >= 15 is 0 Å². The van der Waals surface area contributed by atoms with Crippen LogP contribution in [0.3, 0.4) is 0 Å². The molecule has 0 fully saturated rings. The van der Waals surface area contributed by atoms with Gasteiger partial charge in [-0.05, 0) is 43.7 Å². The second kappa shape index (κ2) is 10.4. The summed E-state index contributed by atoms with van der Waals surface area (Å²) in [6.45, 7) is 6.58. The molecule has 5 N–H and O–H groups in total. The quantitative estimate of drug-likeness (QED) is 0.207. The molecular weight excluding hydrogens is 448 g/mol. The van der Waals surface area contributed by atoms with Crippen molar-refractivity contribution in [2.45, 2.75) is 37.4 Å². The number of thiazole rings is 1. The number of anilines is 2. The molecule has 0 aliphatic heterocycles. The molecule has 32 heavy (non-hydrogen) atoms. The van der Waals surface area contributed by atoms with E-state index in [9.17, 15) is 15.0 Å². The monoisotopic (exact) mass is 476 g/mol. The Kier molecular flexibility index (Phi) is 7.88. The Balaban J connectivity index is 1.55. The number of thioether (sulfide) groups is 1. The maximum absolute atomic E-state index is 11.3. The molecular formula is C21H28N6O3S2. The first-order valence-electron chi connectivity index (χ1n) is 10.1. The van der Waals surface area contributed by atoms with E-state index in [2.05, 4.69) is 37.8 Å². The first-order chi connectivity index (χ1) is 15.2. The van der Waals surface area contributed by atoms with Crippen LogP contribution in [0.25, 0.3) is 10.2 Å². The number of benzene rings is 1. The van der Waals surface area contributed by atoms with Crippen LogP contribution in [-0.4, -0.2) is 56.0 Å². The Hall–Kier alpha value is -2.47. The average molecular weight is 477 g/mol. The fourth-order valence-corrected chi connectivity index (χ4v) is 4.02. The first-order valence-corrected chi connectivity index (χ1v) is 12.2. The van der Waals surface area contributed by atoms with Crippen molar-refractivity contribution in [3.8, 4) is 0 Å². The zero-order chi connectivity index (χ0) is 23.3. The first kappa shape index (κ1) is 24.2. The van der Waals surface area contributed by atoms with Gasteiger partial charge in [-0.3, -0.25) is 10.1 Å². The van der Waals surface area contributed by atoms with Gasteiger partial charge in [0, 0.05) is 30.4 Å². The third-order valence-corrected chi connectivity index (χ3v) is 6.49. The summed E-state index contributed by atoms with van der Waals surface area (Å²) in [5.74, 6) is -0.111. The number of rotatable bonds is 11. The van der Waals surface area contributed by atoms with Gasteiger partial charge < -0.3 is 20.8 Å². The highest BCUT2D eigenvalue weighted by atomic mass is 32.2. The van der Waals surface area contributed by atoms with E-state index in [0.29, 0.717) is 17.4 Å². The van der Waals surface area contributed by atoms with Gasteiger partial charge in [0.25, 0.3) is 0 Å². The van der Waals surface area contributed by atoms with Gasteiger partial charge in [-0.2, -0.15) is 0 Å². The van der Waals surface area contributed by atoms with Crippen LogP contribution in [0.1, 0.15) is 32.6 Å². The smallest absolute Gasteiger partial charge is 0.323 e. The minimum atomic E-state index is -1.25. The van der Waals surface area contributed by atoms with Crippen molar-refractivity contribution in [1.82, 2.24) is 20.3 Å². The van der Waals surface area contributed by atoms with Gasteiger partial charge in [-0.25, -0.2) is 15.0 Å². The van der Waals surface area contributed by atoms with E-state index in [4.69, 9.17) is 0 Å². The standard InChI is InChI=1S/C21H28N6O3S2/c1-12(8-22-19-23-10-14(31-4)11-24-19)9-25-20-26-15-6-5-13(7-16(15)32-20)17(28)27-21(2,3)18(29)30/h5-7,10-12,17,27-28H,8-9H2,1-4H3,(H,25,26)(H,29,30)(H,22,23,24)/t12-,17?/m0/s1. The maximum Gasteiger partial charge on any atom is 0.323 e. The molecule has 1 unspecified atom stereocenters. The van der Waals surface area contributed by atoms with Crippen molar-refractivity contribution in [1.29, 1.82) is 0 Å². The lowest BCUT2D eigenvalue weighted by atomic mass is 10.0. The van der Waals surface area contributed by atoms with Crippen molar-refractivity contribution in [2.24, 2.45) is 5.92 Å². The van der Waals surface area contributed by atoms with Crippen LogP contribution in [-0.2, 0) is 4.79 Å². The molecule has 172 valence electrons. The van der Waals surface area contributed by atoms with Gasteiger partial charge in [-0.1, -0.05) is 24.3 Å². The van der Waals surface area contributed by atoms with Crippen LogP contribution in [0, 0.1) is 5.92 Å². The third kappa shape index (κ3) is 6.28. The molecule has 9 nitrogen and oxygen atoms in total. The molecule has 3 aromatic rings. The molecule has 2 atom stereocenters. The fourth-order valence-electron chi connectivity index (χ4n) is 2.79. The largest absolute Gasteiger partial charge is 0.480 e. The van der Waals surface area contributed by atoms with Gasteiger partial charge in [0.1, 0.15) is 11.8 Å². The van der Waals surface area contributed by atoms with Gasteiger partial charge in [0.05, 0.1) is 10.2 Å². The number of aliphatic carboxylic acids is 1. The Bertz CT molecular complexity index is 1060.